The van der Waals surface area contributed by atoms with Gasteiger partial charge in [-0.15, -0.1) is 0 Å². The minimum absolute atomic E-state index is 0.139. The number of nitrogens with zero attached hydrogens (tertiary/aromatic N) is 2. The van der Waals surface area contributed by atoms with Gasteiger partial charge >= 0.3 is 0 Å². The predicted molar refractivity (Wildman–Crippen MR) is 72.6 cm³/mol. The number of hydrogen-bond donors (Lipinski definition) is 2. The molecular formula is C12H18N4OS. The lowest BCUT2D eigenvalue weighted by molar-refractivity contribution is 0.450. The molecule has 0 aromatic carbocycles. The minimum atomic E-state index is -0.522. The maximum atomic E-state index is 11.3. The molecule has 0 aliphatic carbocycles. The zero-order valence-corrected chi connectivity index (χ0v) is 11.7. The third kappa shape index (κ3) is 4.51. The van der Waals surface area contributed by atoms with Crippen molar-refractivity contribution in [3.05, 3.63) is 22.1 Å². The van der Waals surface area contributed by atoms with Crippen molar-refractivity contribution in [3.8, 4) is 6.07 Å². The van der Waals surface area contributed by atoms with Crippen molar-refractivity contribution in [1.82, 2.24) is 15.3 Å². The van der Waals surface area contributed by atoms with E-state index >= 15 is 0 Å². The summed E-state index contributed by atoms with van der Waals surface area (Å²) in [6, 6.07) is 3.73. The van der Waals surface area contributed by atoms with Gasteiger partial charge in [0.05, 0.1) is 6.07 Å². The highest BCUT2D eigenvalue weighted by Crippen LogP contribution is 2.17. The number of nitriles is 1. The largest absolute Gasteiger partial charge is 0.301 e. The van der Waals surface area contributed by atoms with Crippen LogP contribution in [0.3, 0.4) is 0 Å². The predicted octanol–water partition coefficient (Wildman–Crippen LogP) is 1.45. The van der Waals surface area contributed by atoms with Gasteiger partial charge in [-0.3, -0.25) is 10.1 Å². The molecule has 6 heteroatoms. The summed E-state index contributed by atoms with van der Waals surface area (Å²) in [5.74, 6) is 0.726. The maximum absolute atomic E-state index is 11.3. The van der Waals surface area contributed by atoms with Gasteiger partial charge in [0, 0.05) is 17.5 Å². The third-order valence-electron chi connectivity index (χ3n) is 2.50. The molecule has 0 saturated heterocycles. The molecule has 0 fully saturated rings. The highest BCUT2D eigenvalue weighted by atomic mass is 32.2. The molecule has 1 unspecified atom stereocenters. The van der Waals surface area contributed by atoms with Crippen molar-refractivity contribution in [2.45, 2.75) is 37.9 Å². The average molecular weight is 266 g/mol. The molecule has 0 aliphatic heterocycles. The van der Waals surface area contributed by atoms with Crippen molar-refractivity contribution in [2.24, 2.45) is 0 Å². The van der Waals surface area contributed by atoms with Crippen LogP contribution in [0.5, 0.6) is 0 Å². The molecule has 2 N–H and O–H groups in total. The van der Waals surface area contributed by atoms with Crippen LogP contribution in [0.2, 0.25) is 0 Å². The minimum Gasteiger partial charge on any atom is -0.301 e. The number of thioether (sulfide) groups is 1. The molecule has 1 aromatic rings. The number of aromatic nitrogens is 2. The average Bonchev–Trinajstić information content (AvgIpc) is 2.28. The second-order valence-electron chi connectivity index (χ2n) is 4.26. The Kier molecular flexibility index (Phi) is 5.38. The number of rotatable bonds is 6. The Labute approximate surface area is 111 Å². The summed E-state index contributed by atoms with van der Waals surface area (Å²) in [7, 11) is 0. The van der Waals surface area contributed by atoms with Gasteiger partial charge in [-0.05, 0) is 26.8 Å². The first-order valence-corrected chi connectivity index (χ1v) is 6.84. The fourth-order valence-corrected chi connectivity index (χ4v) is 2.63. The highest BCUT2D eigenvalue weighted by molar-refractivity contribution is 7.99. The summed E-state index contributed by atoms with van der Waals surface area (Å²) in [6.45, 7) is 6.40. The van der Waals surface area contributed by atoms with Gasteiger partial charge in [0.25, 0.3) is 5.56 Å². The Bertz CT molecular complexity index is 494. The Morgan fingerprint density at radius 1 is 1.67 bits per heavy atom. The van der Waals surface area contributed by atoms with Gasteiger partial charge in [-0.25, -0.2) is 4.98 Å². The van der Waals surface area contributed by atoms with Crippen molar-refractivity contribution in [3.63, 3.8) is 0 Å². The monoisotopic (exact) mass is 266 g/mol. The van der Waals surface area contributed by atoms with E-state index in [4.69, 9.17) is 5.26 Å². The molecule has 98 valence electrons. The Balaban J connectivity index is 2.56. The van der Waals surface area contributed by atoms with E-state index in [0.717, 1.165) is 12.3 Å². The first-order chi connectivity index (χ1) is 8.49. The van der Waals surface area contributed by atoms with E-state index in [-0.39, 0.29) is 5.56 Å². The fraction of sp³-hybridized carbons (Fsp3) is 0.583. The van der Waals surface area contributed by atoms with E-state index in [0.29, 0.717) is 17.3 Å². The Morgan fingerprint density at radius 2 is 2.39 bits per heavy atom. The zero-order valence-electron chi connectivity index (χ0n) is 10.9. The van der Waals surface area contributed by atoms with Crippen molar-refractivity contribution < 1.29 is 0 Å². The molecule has 0 aliphatic rings. The van der Waals surface area contributed by atoms with Gasteiger partial charge < -0.3 is 4.98 Å². The summed E-state index contributed by atoms with van der Waals surface area (Å²) in [4.78, 5) is 18.2. The molecule has 0 radical (unpaired) electrons. The number of aryl methyl sites for hydroxylation is 1. The molecule has 5 nitrogen and oxygen atoms in total. The number of hydrogen-bond acceptors (Lipinski definition) is 5. The van der Waals surface area contributed by atoms with Crippen LogP contribution < -0.4 is 10.9 Å². The van der Waals surface area contributed by atoms with Gasteiger partial charge in [0.1, 0.15) is 5.54 Å². The number of aromatic amines is 1. The van der Waals surface area contributed by atoms with Gasteiger partial charge in [0.2, 0.25) is 0 Å². The molecule has 0 spiro atoms. The van der Waals surface area contributed by atoms with Crippen LogP contribution in [0.15, 0.2) is 16.0 Å². The van der Waals surface area contributed by atoms with E-state index < -0.39 is 5.54 Å². The molecule has 0 saturated carbocycles. The third-order valence-corrected chi connectivity index (χ3v) is 3.38. The molecular weight excluding hydrogens is 248 g/mol. The van der Waals surface area contributed by atoms with E-state index in [1.165, 1.54) is 17.8 Å². The number of H-pyrrole nitrogens is 1. The maximum Gasteiger partial charge on any atom is 0.251 e. The van der Waals surface area contributed by atoms with Crippen molar-refractivity contribution in [1.29, 1.82) is 5.26 Å². The normalized spacial score (nSPS) is 13.9. The van der Waals surface area contributed by atoms with Crippen LogP contribution in [0.4, 0.5) is 0 Å². The molecule has 18 heavy (non-hydrogen) atoms. The lowest BCUT2D eigenvalue weighted by Gasteiger charge is -2.21. The molecule has 1 heterocycles. The quantitative estimate of drug-likeness (QED) is 0.601. The number of nitrogens with one attached hydrogen (secondary N) is 2. The summed E-state index contributed by atoms with van der Waals surface area (Å²) in [5, 5.41) is 12.9. The van der Waals surface area contributed by atoms with Crippen LogP contribution in [0.1, 0.15) is 26.0 Å². The first-order valence-electron chi connectivity index (χ1n) is 5.86. The lowest BCUT2D eigenvalue weighted by atomic mass is 10.0. The van der Waals surface area contributed by atoms with E-state index in [9.17, 15) is 4.79 Å². The summed E-state index contributed by atoms with van der Waals surface area (Å²) in [5.41, 5.74) is 0.0435. The van der Waals surface area contributed by atoms with E-state index in [1.54, 1.807) is 6.92 Å². The standard InChI is InChI=1S/C12H18N4OS/c1-4-14-12(3,8-13)5-6-18-11-15-9(2)7-10(17)16-11/h7,14H,4-6H2,1-3H3,(H,15,16,17). The molecule has 1 atom stereocenters. The highest BCUT2D eigenvalue weighted by Gasteiger charge is 2.21. The second kappa shape index (κ2) is 6.57. The summed E-state index contributed by atoms with van der Waals surface area (Å²) in [6.07, 6.45) is 0.694. The van der Waals surface area contributed by atoms with Crippen LogP contribution in [-0.4, -0.2) is 27.8 Å². The smallest absolute Gasteiger partial charge is 0.251 e. The molecule has 1 rings (SSSR count). The molecule has 0 bridgehead atoms. The van der Waals surface area contributed by atoms with Crippen LogP contribution >= 0.6 is 11.8 Å². The lowest BCUT2D eigenvalue weighted by Crippen LogP contribution is -2.41. The van der Waals surface area contributed by atoms with E-state index in [2.05, 4.69) is 21.4 Å². The van der Waals surface area contributed by atoms with Crippen LogP contribution in [0.25, 0.3) is 0 Å². The topological polar surface area (TPSA) is 81.6 Å². The fourth-order valence-electron chi connectivity index (χ4n) is 1.55. The van der Waals surface area contributed by atoms with Gasteiger partial charge in [0.15, 0.2) is 5.16 Å². The van der Waals surface area contributed by atoms with Gasteiger partial charge in [-0.2, -0.15) is 5.26 Å². The Hall–Kier alpha value is -1.32. The van der Waals surface area contributed by atoms with Crippen molar-refractivity contribution in [2.75, 3.05) is 12.3 Å². The van der Waals surface area contributed by atoms with Crippen molar-refractivity contribution >= 4 is 11.8 Å². The van der Waals surface area contributed by atoms with Crippen LogP contribution in [0, 0.1) is 18.3 Å². The zero-order chi connectivity index (χ0) is 13.6. The summed E-state index contributed by atoms with van der Waals surface area (Å²) >= 11 is 1.46. The van der Waals surface area contributed by atoms with E-state index in [1.807, 2.05) is 13.8 Å². The summed E-state index contributed by atoms with van der Waals surface area (Å²) < 4.78 is 0. The van der Waals surface area contributed by atoms with Gasteiger partial charge in [-0.1, -0.05) is 18.7 Å². The Morgan fingerprint density at radius 3 is 2.94 bits per heavy atom. The molecule has 0 amide bonds. The second-order valence-corrected chi connectivity index (χ2v) is 5.35. The molecule has 1 aromatic heterocycles. The first kappa shape index (κ1) is 14.7. The SMILES string of the molecule is CCNC(C)(C#N)CCSc1nc(C)cc(=O)[nH]1. The van der Waals surface area contributed by atoms with Crippen LogP contribution in [-0.2, 0) is 0 Å².